The van der Waals surface area contributed by atoms with Crippen molar-refractivity contribution in [3.63, 3.8) is 0 Å². The highest BCUT2D eigenvalue weighted by molar-refractivity contribution is 14.1. The van der Waals surface area contributed by atoms with Crippen LogP contribution in [0.3, 0.4) is 0 Å². The maximum atomic E-state index is 12.7. The molecule has 0 saturated carbocycles. The number of hydrogen-bond donors (Lipinski definition) is 0. The van der Waals surface area contributed by atoms with Crippen molar-refractivity contribution in [2.75, 3.05) is 0 Å². The average molecular weight is 432 g/mol. The van der Waals surface area contributed by atoms with Gasteiger partial charge in [0.2, 0.25) is 0 Å². The monoisotopic (exact) mass is 432 g/mol. The summed E-state index contributed by atoms with van der Waals surface area (Å²) in [6.07, 6.45) is 4.01. The van der Waals surface area contributed by atoms with Crippen LogP contribution in [0, 0.1) is 3.57 Å². The molecule has 0 saturated heterocycles. The predicted octanol–water partition coefficient (Wildman–Crippen LogP) is 5.97. The lowest BCUT2D eigenvalue weighted by Crippen LogP contribution is -2.05. The molecule has 0 aliphatic rings. The zero-order valence-electron chi connectivity index (χ0n) is 14.1. The molecular formula is C21H21IO2. The first kappa shape index (κ1) is 17.2. The first-order chi connectivity index (χ1) is 11.6. The molecule has 3 aromatic rings. The SMILES string of the molecule is CCCc1cc(CCC)c2c(=O)cc(-c3ccc(I)cc3)oc2c1. The fraction of sp³-hybridized carbons (Fsp3) is 0.286. The number of hydrogen-bond acceptors (Lipinski definition) is 2. The standard InChI is InChI=1S/C21H21IO2/c1-3-5-14-11-16(6-4-2)21-18(23)13-19(24-20(21)12-14)15-7-9-17(22)10-8-15/h7-13H,3-6H2,1-2H3. The molecule has 124 valence electrons. The Hall–Kier alpha value is -1.62. The molecule has 3 rings (SSSR count). The lowest BCUT2D eigenvalue weighted by atomic mass is 9.98. The highest BCUT2D eigenvalue weighted by atomic mass is 127. The van der Waals surface area contributed by atoms with Crippen LogP contribution in [0.1, 0.15) is 37.8 Å². The molecule has 0 aliphatic carbocycles. The Kier molecular flexibility index (Phi) is 5.39. The molecule has 2 nitrogen and oxygen atoms in total. The maximum absolute atomic E-state index is 12.7. The summed E-state index contributed by atoms with van der Waals surface area (Å²) in [7, 11) is 0. The van der Waals surface area contributed by atoms with E-state index < -0.39 is 0 Å². The Bertz CT molecular complexity index is 908. The van der Waals surface area contributed by atoms with Gasteiger partial charge in [0, 0.05) is 15.2 Å². The van der Waals surface area contributed by atoms with E-state index in [1.54, 1.807) is 6.07 Å². The van der Waals surface area contributed by atoms with Gasteiger partial charge in [0.15, 0.2) is 5.43 Å². The van der Waals surface area contributed by atoms with Gasteiger partial charge in [-0.25, -0.2) is 0 Å². The Morgan fingerprint density at radius 2 is 1.67 bits per heavy atom. The molecule has 0 fully saturated rings. The van der Waals surface area contributed by atoms with Gasteiger partial charge in [-0.3, -0.25) is 4.79 Å². The van der Waals surface area contributed by atoms with Gasteiger partial charge in [-0.15, -0.1) is 0 Å². The van der Waals surface area contributed by atoms with E-state index in [-0.39, 0.29) is 5.43 Å². The first-order valence-electron chi connectivity index (χ1n) is 8.48. The van der Waals surface area contributed by atoms with Crippen molar-refractivity contribution < 1.29 is 4.42 Å². The normalized spacial score (nSPS) is 11.1. The number of fused-ring (bicyclic) bond motifs is 1. The molecule has 0 atom stereocenters. The highest BCUT2D eigenvalue weighted by Crippen LogP contribution is 2.26. The van der Waals surface area contributed by atoms with E-state index in [2.05, 4.69) is 42.5 Å². The second-order valence-electron chi connectivity index (χ2n) is 6.11. The van der Waals surface area contributed by atoms with Gasteiger partial charge in [0.25, 0.3) is 0 Å². The highest BCUT2D eigenvalue weighted by Gasteiger charge is 2.12. The smallest absolute Gasteiger partial charge is 0.193 e. The third kappa shape index (κ3) is 3.56. The summed E-state index contributed by atoms with van der Waals surface area (Å²) in [5.41, 5.74) is 4.06. The fourth-order valence-electron chi connectivity index (χ4n) is 3.09. The van der Waals surface area contributed by atoms with Crippen LogP contribution in [-0.4, -0.2) is 0 Å². The quantitative estimate of drug-likeness (QED) is 0.465. The van der Waals surface area contributed by atoms with Crippen molar-refractivity contribution in [3.05, 3.63) is 67.4 Å². The van der Waals surface area contributed by atoms with Crippen LogP contribution in [0.4, 0.5) is 0 Å². The Morgan fingerprint density at radius 1 is 0.958 bits per heavy atom. The van der Waals surface area contributed by atoms with Crippen LogP contribution in [0.2, 0.25) is 0 Å². The average Bonchev–Trinajstić information content (AvgIpc) is 2.55. The van der Waals surface area contributed by atoms with E-state index in [0.717, 1.165) is 45.8 Å². The minimum atomic E-state index is 0.0521. The maximum Gasteiger partial charge on any atom is 0.193 e. The molecule has 1 aromatic heterocycles. The first-order valence-corrected chi connectivity index (χ1v) is 9.55. The molecule has 0 bridgehead atoms. The van der Waals surface area contributed by atoms with Crippen molar-refractivity contribution in [3.8, 4) is 11.3 Å². The van der Waals surface area contributed by atoms with Gasteiger partial charge in [-0.1, -0.05) is 44.9 Å². The van der Waals surface area contributed by atoms with Gasteiger partial charge < -0.3 is 4.42 Å². The molecule has 3 heteroatoms. The summed E-state index contributed by atoms with van der Waals surface area (Å²) >= 11 is 2.27. The van der Waals surface area contributed by atoms with Gasteiger partial charge in [0.1, 0.15) is 11.3 Å². The van der Waals surface area contributed by atoms with Crippen molar-refractivity contribution in [1.29, 1.82) is 0 Å². The third-order valence-electron chi connectivity index (χ3n) is 4.16. The van der Waals surface area contributed by atoms with Crippen molar-refractivity contribution >= 4 is 33.6 Å². The van der Waals surface area contributed by atoms with Crippen LogP contribution >= 0.6 is 22.6 Å². The lowest BCUT2D eigenvalue weighted by molar-refractivity contribution is 0.617. The molecule has 0 radical (unpaired) electrons. The zero-order chi connectivity index (χ0) is 17.1. The molecule has 0 unspecified atom stereocenters. The lowest BCUT2D eigenvalue weighted by Gasteiger charge is -2.10. The largest absolute Gasteiger partial charge is 0.456 e. The predicted molar refractivity (Wildman–Crippen MR) is 109 cm³/mol. The molecular weight excluding hydrogens is 411 g/mol. The Labute approximate surface area is 156 Å². The van der Waals surface area contributed by atoms with E-state index in [0.29, 0.717) is 11.3 Å². The molecule has 1 heterocycles. The van der Waals surface area contributed by atoms with E-state index in [1.165, 1.54) is 5.56 Å². The molecule has 2 aromatic carbocycles. The number of rotatable bonds is 5. The van der Waals surface area contributed by atoms with E-state index in [9.17, 15) is 4.79 Å². The third-order valence-corrected chi connectivity index (χ3v) is 4.88. The topological polar surface area (TPSA) is 30.2 Å². The Balaban J connectivity index is 2.22. The van der Waals surface area contributed by atoms with Gasteiger partial charge in [0.05, 0.1) is 5.39 Å². The van der Waals surface area contributed by atoms with Crippen molar-refractivity contribution in [1.82, 2.24) is 0 Å². The molecule has 0 amide bonds. The van der Waals surface area contributed by atoms with Crippen LogP contribution in [-0.2, 0) is 12.8 Å². The van der Waals surface area contributed by atoms with Gasteiger partial charge in [-0.2, -0.15) is 0 Å². The van der Waals surface area contributed by atoms with Crippen molar-refractivity contribution in [2.24, 2.45) is 0 Å². The molecule has 24 heavy (non-hydrogen) atoms. The van der Waals surface area contributed by atoms with Crippen LogP contribution in [0.25, 0.3) is 22.3 Å². The van der Waals surface area contributed by atoms with Crippen molar-refractivity contribution in [2.45, 2.75) is 39.5 Å². The second kappa shape index (κ2) is 7.51. The van der Waals surface area contributed by atoms with Crippen LogP contribution in [0.15, 0.2) is 51.7 Å². The molecule has 0 spiro atoms. The summed E-state index contributed by atoms with van der Waals surface area (Å²) in [4.78, 5) is 12.7. The summed E-state index contributed by atoms with van der Waals surface area (Å²) in [5, 5.41) is 0.742. The second-order valence-corrected chi connectivity index (χ2v) is 7.36. The molecule has 0 aliphatic heterocycles. The fourth-order valence-corrected chi connectivity index (χ4v) is 3.45. The molecule has 0 N–H and O–H groups in total. The number of benzene rings is 2. The minimum Gasteiger partial charge on any atom is -0.456 e. The zero-order valence-corrected chi connectivity index (χ0v) is 16.2. The Morgan fingerprint density at radius 3 is 2.33 bits per heavy atom. The number of halogens is 1. The summed E-state index contributed by atoms with van der Waals surface area (Å²) in [5.74, 6) is 0.639. The van der Waals surface area contributed by atoms with Gasteiger partial charge in [-0.05, 0) is 64.8 Å². The van der Waals surface area contributed by atoms with E-state index in [4.69, 9.17) is 4.42 Å². The summed E-state index contributed by atoms with van der Waals surface area (Å²) < 4.78 is 7.30. The van der Waals surface area contributed by atoms with Crippen LogP contribution in [0.5, 0.6) is 0 Å². The van der Waals surface area contributed by atoms with Gasteiger partial charge >= 0.3 is 0 Å². The van der Waals surface area contributed by atoms with Crippen LogP contribution < -0.4 is 5.43 Å². The number of aryl methyl sites for hydroxylation is 2. The van der Waals surface area contributed by atoms with E-state index in [1.807, 2.05) is 30.3 Å². The van der Waals surface area contributed by atoms with E-state index >= 15 is 0 Å². The summed E-state index contributed by atoms with van der Waals surface area (Å²) in [6, 6.07) is 13.9. The summed E-state index contributed by atoms with van der Waals surface area (Å²) in [6.45, 7) is 4.31. The minimum absolute atomic E-state index is 0.0521.